The summed E-state index contributed by atoms with van der Waals surface area (Å²) >= 11 is 6.11. The number of carbonyl (C=O) groups is 3. The van der Waals surface area contributed by atoms with Gasteiger partial charge in [0.2, 0.25) is 5.91 Å². The molecule has 0 unspecified atom stereocenters. The Hall–Kier alpha value is -3.26. The van der Waals surface area contributed by atoms with Gasteiger partial charge in [-0.1, -0.05) is 25.4 Å². The number of rotatable bonds is 3. The standard InChI is InChI=1S/C26H32ClN3O5/c1-17(2)22-16-35-23-11-8-19(27)14-21(23)25(32)28-12-4-5-13-30(15-24(31)29-22)26(33)18-6-9-20(34-3)10-7-18/h6-11,14,17,22H,4-5,12-13,15-16H2,1-3H3,(H,28,32)(H,29,31)/t22-/m0/s1. The van der Waals surface area contributed by atoms with Gasteiger partial charge in [-0.15, -0.1) is 0 Å². The summed E-state index contributed by atoms with van der Waals surface area (Å²) in [6.07, 6.45) is 1.24. The summed E-state index contributed by atoms with van der Waals surface area (Å²) in [5.74, 6) is 0.316. The van der Waals surface area contributed by atoms with E-state index in [1.54, 1.807) is 49.6 Å². The van der Waals surface area contributed by atoms with E-state index >= 15 is 0 Å². The smallest absolute Gasteiger partial charge is 0.255 e. The van der Waals surface area contributed by atoms with Crippen molar-refractivity contribution in [3.8, 4) is 11.5 Å². The van der Waals surface area contributed by atoms with Gasteiger partial charge in [-0.3, -0.25) is 14.4 Å². The second-order valence-electron chi connectivity index (χ2n) is 8.79. The van der Waals surface area contributed by atoms with Crippen LogP contribution in [0.25, 0.3) is 0 Å². The third-order valence-corrected chi connectivity index (χ3v) is 6.09. The lowest BCUT2D eigenvalue weighted by Crippen LogP contribution is -2.48. The average Bonchev–Trinajstić information content (AvgIpc) is 2.85. The number of hydrogen-bond donors (Lipinski definition) is 2. The lowest BCUT2D eigenvalue weighted by molar-refractivity contribution is -0.123. The molecule has 0 saturated heterocycles. The number of ether oxygens (including phenoxy) is 2. The molecule has 188 valence electrons. The van der Waals surface area contributed by atoms with Crippen molar-refractivity contribution in [1.82, 2.24) is 15.5 Å². The van der Waals surface area contributed by atoms with E-state index in [9.17, 15) is 14.4 Å². The van der Waals surface area contributed by atoms with E-state index in [0.29, 0.717) is 53.6 Å². The quantitative estimate of drug-likeness (QED) is 0.670. The van der Waals surface area contributed by atoms with Crippen molar-refractivity contribution >= 4 is 29.3 Å². The Morgan fingerprint density at radius 2 is 1.89 bits per heavy atom. The fourth-order valence-electron chi connectivity index (χ4n) is 3.71. The number of hydrogen-bond acceptors (Lipinski definition) is 5. The van der Waals surface area contributed by atoms with Gasteiger partial charge in [0.05, 0.1) is 25.3 Å². The maximum atomic E-state index is 13.2. The summed E-state index contributed by atoms with van der Waals surface area (Å²) in [6.45, 7) is 4.82. The lowest BCUT2D eigenvalue weighted by Gasteiger charge is -2.26. The predicted molar refractivity (Wildman–Crippen MR) is 134 cm³/mol. The van der Waals surface area contributed by atoms with Crippen molar-refractivity contribution in [3.05, 3.63) is 58.6 Å². The van der Waals surface area contributed by atoms with Crippen molar-refractivity contribution in [2.24, 2.45) is 5.92 Å². The predicted octanol–water partition coefficient (Wildman–Crippen LogP) is 3.53. The molecule has 0 saturated carbocycles. The van der Waals surface area contributed by atoms with Crippen LogP contribution < -0.4 is 20.1 Å². The van der Waals surface area contributed by atoms with Gasteiger partial charge in [-0.05, 0) is 61.2 Å². The van der Waals surface area contributed by atoms with E-state index in [4.69, 9.17) is 21.1 Å². The van der Waals surface area contributed by atoms with Crippen molar-refractivity contribution in [2.45, 2.75) is 32.7 Å². The van der Waals surface area contributed by atoms with Crippen LogP contribution in [0, 0.1) is 5.92 Å². The molecule has 3 rings (SSSR count). The average molecular weight is 502 g/mol. The molecule has 3 amide bonds. The topological polar surface area (TPSA) is 97.0 Å². The highest BCUT2D eigenvalue weighted by molar-refractivity contribution is 6.31. The Labute approximate surface area is 210 Å². The first-order chi connectivity index (χ1) is 16.8. The van der Waals surface area contributed by atoms with Crippen molar-refractivity contribution < 1.29 is 23.9 Å². The zero-order valence-corrected chi connectivity index (χ0v) is 21.1. The number of benzene rings is 2. The first-order valence-electron chi connectivity index (χ1n) is 11.7. The fraction of sp³-hybridized carbons (Fsp3) is 0.423. The van der Waals surface area contributed by atoms with Crippen LogP contribution in [0.2, 0.25) is 5.02 Å². The zero-order valence-electron chi connectivity index (χ0n) is 20.3. The Balaban J connectivity index is 1.81. The fourth-order valence-corrected chi connectivity index (χ4v) is 3.88. The molecule has 2 N–H and O–H groups in total. The van der Waals surface area contributed by atoms with Gasteiger partial charge in [0, 0.05) is 23.7 Å². The Morgan fingerprint density at radius 3 is 2.57 bits per heavy atom. The summed E-state index contributed by atoms with van der Waals surface area (Å²) in [5.41, 5.74) is 0.818. The molecular formula is C26H32ClN3O5. The molecule has 35 heavy (non-hydrogen) atoms. The number of carbonyl (C=O) groups excluding carboxylic acids is 3. The lowest BCUT2D eigenvalue weighted by atomic mass is 10.1. The third-order valence-electron chi connectivity index (χ3n) is 5.85. The first kappa shape index (κ1) is 26.3. The van der Waals surface area contributed by atoms with Gasteiger partial charge in [0.1, 0.15) is 18.1 Å². The summed E-state index contributed by atoms with van der Waals surface area (Å²) in [7, 11) is 1.56. The van der Waals surface area contributed by atoms with Crippen LogP contribution in [0.5, 0.6) is 11.5 Å². The Kier molecular flexibility index (Phi) is 9.37. The Bertz CT molecular complexity index is 1040. The second-order valence-corrected chi connectivity index (χ2v) is 9.22. The molecule has 0 bridgehead atoms. The molecule has 1 aliphatic heterocycles. The van der Waals surface area contributed by atoms with Crippen molar-refractivity contribution in [2.75, 3.05) is 33.4 Å². The van der Waals surface area contributed by atoms with E-state index in [2.05, 4.69) is 10.6 Å². The molecule has 2 aromatic rings. The molecule has 0 aliphatic carbocycles. The molecule has 9 heteroatoms. The normalized spacial score (nSPS) is 17.9. The molecule has 2 aromatic carbocycles. The number of fused-ring (bicyclic) bond motifs is 1. The molecule has 0 aromatic heterocycles. The minimum atomic E-state index is -0.322. The third kappa shape index (κ3) is 7.36. The van der Waals surface area contributed by atoms with E-state index in [-0.39, 0.29) is 42.8 Å². The van der Waals surface area contributed by atoms with Crippen LogP contribution in [0.4, 0.5) is 0 Å². The molecule has 0 fully saturated rings. The SMILES string of the molecule is COc1ccc(C(=O)N2CCCCNC(=O)c3cc(Cl)ccc3OC[C@@H](C(C)C)NC(=O)C2)cc1. The largest absolute Gasteiger partial charge is 0.497 e. The van der Waals surface area contributed by atoms with E-state index in [0.717, 1.165) is 0 Å². The Morgan fingerprint density at radius 1 is 1.14 bits per heavy atom. The minimum absolute atomic E-state index is 0.0601. The second kappa shape index (κ2) is 12.4. The van der Waals surface area contributed by atoms with Crippen molar-refractivity contribution in [3.63, 3.8) is 0 Å². The van der Waals surface area contributed by atoms with Crippen LogP contribution in [0.15, 0.2) is 42.5 Å². The van der Waals surface area contributed by atoms with Gasteiger partial charge in [-0.25, -0.2) is 0 Å². The monoisotopic (exact) mass is 501 g/mol. The molecule has 1 aliphatic rings. The van der Waals surface area contributed by atoms with Gasteiger partial charge in [0.25, 0.3) is 11.8 Å². The van der Waals surface area contributed by atoms with E-state index < -0.39 is 0 Å². The number of nitrogens with one attached hydrogen (secondary N) is 2. The molecule has 1 heterocycles. The maximum Gasteiger partial charge on any atom is 0.255 e. The molecule has 1 atom stereocenters. The maximum absolute atomic E-state index is 13.2. The molecule has 0 spiro atoms. The van der Waals surface area contributed by atoms with E-state index in [1.807, 2.05) is 13.8 Å². The van der Waals surface area contributed by atoms with Gasteiger partial charge in [0.15, 0.2) is 0 Å². The van der Waals surface area contributed by atoms with E-state index in [1.165, 1.54) is 4.90 Å². The molecule has 8 nitrogen and oxygen atoms in total. The summed E-state index contributed by atoms with van der Waals surface area (Å²) in [5, 5.41) is 6.31. The number of halogens is 1. The highest BCUT2D eigenvalue weighted by Gasteiger charge is 2.24. The highest BCUT2D eigenvalue weighted by Crippen LogP contribution is 2.24. The van der Waals surface area contributed by atoms with Gasteiger partial charge in [-0.2, -0.15) is 0 Å². The number of amides is 3. The van der Waals surface area contributed by atoms with Gasteiger partial charge < -0.3 is 25.0 Å². The number of methoxy groups -OCH3 is 1. The van der Waals surface area contributed by atoms with Crippen LogP contribution in [-0.2, 0) is 4.79 Å². The molecular weight excluding hydrogens is 470 g/mol. The van der Waals surface area contributed by atoms with Crippen LogP contribution in [0.1, 0.15) is 47.4 Å². The summed E-state index contributed by atoms with van der Waals surface area (Å²) < 4.78 is 11.1. The minimum Gasteiger partial charge on any atom is -0.497 e. The number of nitrogens with zero attached hydrogens (tertiary/aromatic N) is 1. The first-order valence-corrected chi connectivity index (χ1v) is 12.1. The zero-order chi connectivity index (χ0) is 25.4. The van der Waals surface area contributed by atoms with Crippen LogP contribution in [0.3, 0.4) is 0 Å². The van der Waals surface area contributed by atoms with Gasteiger partial charge >= 0.3 is 0 Å². The summed E-state index contributed by atoms with van der Waals surface area (Å²) in [4.78, 5) is 40.5. The summed E-state index contributed by atoms with van der Waals surface area (Å²) in [6, 6.07) is 11.4. The highest BCUT2D eigenvalue weighted by atomic mass is 35.5. The molecule has 0 radical (unpaired) electrons. The van der Waals surface area contributed by atoms with Crippen LogP contribution in [-0.4, -0.2) is 62.0 Å². The van der Waals surface area contributed by atoms with Crippen molar-refractivity contribution in [1.29, 1.82) is 0 Å². The van der Waals surface area contributed by atoms with Crippen LogP contribution >= 0.6 is 11.6 Å².